The van der Waals surface area contributed by atoms with Crippen LogP contribution in [0.4, 0.5) is 24.5 Å². The van der Waals surface area contributed by atoms with Gasteiger partial charge in [0.15, 0.2) is 0 Å². The predicted molar refractivity (Wildman–Crippen MR) is 113 cm³/mol. The first-order chi connectivity index (χ1) is 15.7. The van der Waals surface area contributed by atoms with Crippen molar-refractivity contribution >= 4 is 34.8 Å². The first-order valence-corrected chi connectivity index (χ1v) is 10.0. The second kappa shape index (κ2) is 8.83. The number of halogens is 4. The number of fused-ring (bicyclic) bond motifs is 1. The minimum atomic E-state index is -4.63. The van der Waals surface area contributed by atoms with E-state index in [0.29, 0.717) is 5.69 Å². The minimum absolute atomic E-state index is 0.00710. The molecule has 0 aliphatic carbocycles. The maximum Gasteiger partial charge on any atom is 0.417 e. The van der Waals surface area contributed by atoms with Crippen LogP contribution in [0.3, 0.4) is 0 Å². The fourth-order valence-corrected chi connectivity index (χ4v) is 3.87. The molecule has 172 valence electrons. The molecule has 12 heteroatoms. The molecule has 0 fully saturated rings. The number of hydrogen-bond donors (Lipinski definition) is 1. The summed E-state index contributed by atoms with van der Waals surface area (Å²) in [4.78, 5) is 31.4. The van der Waals surface area contributed by atoms with Crippen molar-refractivity contribution in [3.8, 4) is 0 Å². The highest BCUT2D eigenvalue weighted by atomic mass is 35.5. The van der Waals surface area contributed by atoms with Crippen LogP contribution >= 0.6 is 11.6 Å². The third kappa shape index (κ3) is 4.41. The van der Waals surface area contributed by atoms with Gasteiger partial charge in [0.1, 0.15) is 5.69 Å². The highest BCUT2D eigenvalue weighted by molar-refractivity contribution is 6.32. The van der Waals surface area contributed by atoms with Gasteiger partial charge in [0.05, 0.1) is 53.4 Å². The number of hydrogen-bond acceptors (Lipinski definition) is 5. The van der Waals surface area contributed by atoms with E-state index < -0.39 is 34.6 Å². The van der Waals surface area contributed by atoms with Crippen molar-refractivity contribution in [2.45, 2.75) is 12.2 Å². The van der Waals surface area contributed by atoms with E-state index in [1.807, 2.05) is 0 Å². The summed E-state index contributed by atoms with van der Waals surface area (Å²) in [5.41, 5.74) is -0.434. The Bertz CT molecular complexity index is 1200. The minimum Gasteiger partial charge on any atom is -0.382 e. The lowest BCUT2D eigenvalue weighted by molar-refractivity contribution is -0.137. The second-order valence-electron chi connectivity index (χ2n) is 7.23. The van der Waals surface area contributed by atoms with E-state index in [1.165, 1.54) is 29.1 Å². The summed E-state index contributed by atoms with van der Waals surface area (Å²) < 4.78 is 45.9. The van der Waals surface area contributed by atoms with Crippen molar-refractivity contribution in [3.05, 3.63) is 70.8 Å². The Morgan fingerprint density at radius 3 is 2.73 bits per heavy atom. The highest BCUT2D eigenvalue weighted by Gasteiger charge is 2.38. The number of carbonyl (C=O) groups is 2. The summed E-state index contributed by atoms with van der Waals surface area (Å²) in [5, 5.41) is 6.31. The molecule has 2 aromatic heterocycles. The molecule has 0 saturated heterocycles. The third-order valence-electron chi connectivity index (χ3n) is 5.08. The summed E-state index contributed by atoms with van der Waals surface area (Å²) >= 11 is 5.86. The van der Waals surface area contributed by atoms with Gasteiger partial charge < -0.3 is 15.0 Å². The van der Waals surface area contributed by atoms with Crippen LogP contribution in [0.5, 0.6) is 0 Å². The molecule has 0 unspecified atom stereocenters. The molecule has 1 atom stereocenters. The Hall–Kier alpha value is -3.44. The first-order valence-electron chi connectivity index (χ1n) is 9.67. The molecule has 3 aromatic rings. The van der Waals surface area contributed by atoms with E-state index >= 15 is 0 Å². The summed E-state index contributed by atoms with van der Waals surface area (Å²) in [7, 11) is 1.47. The Morgan fingerprint density at radius 1 is 1.30 bits per heavy atom. The van der Waals surface area contributed by atoms with E-state index in [-0.39, 0.29) is 30.1 Å². The smallest absolute Gasteiger partial charge is 0.382 e. The molecule has 1 aromatic carbocycles. The number of amides is 2. The van der Waals surface area contributed by atoms with Gasteiger partial charge in [-0.3, -0.25) is 19.3 Å². The fourth-order valence-electron chi connectivity index (χ4n) is 3.59. The van der Waals surface area contributed by atoms with Crippen LogP contribution in [-0.4, -0.2) is 46.8 Å². The average Bonchev–Trinajstić information content (AvgIpc) is 3.22. The number of benzene rings is 1. The zero-order valence-corrected chi connectivity index (χ0v) is 17.9. The van der Waals surface area contributed by atoms with Gasteiger partial charge in [-0.25, -0.2) is 0 Å². The Morgan fingerprint density at radius 2 is 2.09 bits per heavy atom. The molecule has 4 rings (SSSR count). The molecular weight excluding hydrogens is 463 g/mol. The van der Waals surface area contributed by atoms with E-state index in [1.54, 1.807) is 18.3 Å². The van der Waals surface area contributed by atoms with Crippen LogP contribution in [-0.2, 0) is 10.9 Å². The van der Waals surface area contributed by atoms with Crippen LogP contribution in [0.15, 0.2) is 48.9 Å². The molecule has 3 heterocycles. The molecule has 1 aliphatic rings. The predicted octanol–water partition coefficient (Wildman–Crippen LogP) is 4.05. The first kappa shape index (κ1) is 22.7. The number of nitrogens with zero attached hydrogens (tertiary/aromatic N) is 4. The van der Waals surface area contributed by atoms with Gasteiger partial charge in [-0.05, 0) is 30.3 Å². The number of methoxy groups -OCH3 is 1. The van der Waals surface area contributed by atoms with Gasteiger partial charge in [0.2, 0.25) is 0 Å². The number of carbonyl (C=O) groups excluding carboxylic acids is 2. The lowest BCUT2D eigenvalue weighted by atomic mass is 10.1. The summed E-state index contributed by atoms with van der Waals surface area (Å²) in [6.45, 7) is 0.212. The fraction of sp³-hybridized carbons (Fsp3) is 0.238. The van der Waals surface area contributed by atoms with Gasteiger partial charge >= 0.3 is 6.18 Å². The Kier molecular flexibility index (Phi) is 6.09. The molecule has 0 saturated carbocycles. The van der Waals surface area contributed by atoms with E-state index in [4.69, 9.17) is 16.3 Å². The maximum atomic E-state index is 13.4. The second-order valence-corrected chi connectivity index (χ2v) is 7.64. The number of anilines is 2. The zero-order valence-electron chi connectivity index (χ0n) is 17.1. The third-order valence-corrected chi connectivity index (χ3v) is 5.39. The molecule has 0 spiro atoms. The largest absolute Gasteiger partial charge is 0.417 e. The molecule has 0 bridgehead atoms. The van der Waals surface area contributed by atoms with Crippen LogP contribution in [0.25, 0.3) is 0 Å². The van der Waals surface area contributed by atoms with Crippen LogP contribution in [0, 0.1) is 0 Å². The molecular formula is C21H17ClF3N5O3. The lowest BCUT2D eigenvalue weighted by Crippen LogP contribution is -2.45. The Labute approximate surface area is 190 Å². The normalized spacial score (nSPS) is 16.0. The van der Waals surface area contributed by atoms with E-state index in [2.05, 4.69) is 15.4 Å². The van der Waals surface area contributed by atoms with Crippen molar-refractivity contribution < 1.29 is 27.5 Å². The van der Waals surface area contributed by atoms with Gasteiger partial charge in [-0.15, -0.1) is 0 Å². The maximum absolute atomic E-state index is 13.4. The summed E-state index contributed by atoms with van der Waals surface area (Å²) in [6.07, 6.45) is -0.371. The zero-order chi connectivity index (χ0) is 23.8. The number of aromatic nitrogens is 3. The number of alkyl halides is 3. The number of ether oxygens (including phenoxy) is 1. The topological polar surface area (TPSA) is 89.3 Å². The van der Waals surface area contributed by atoms with Gasteiger partial charge in [0, 0.05) is 19.0 Å². The average molecular weight is 480 g/mol. The molecule has 1 N–H and O–H groups in total. The lowest BCUT2D eigenvalue weighted by Gasteiger charge is -2.34. The van der Waals surface area contributed by atoms with Crippen molar-refractivity contribution in [3.63, 3.8) is 0 Å². The van der Waals surface area contributed by atoms with Crippen molar-refractivity contribution in [1.29, 1.82) is 0 Å². The standard InChI is InChI=1S/C21H17ClF3N5O3/c1-33-11-14-10-29(13-4-5-16(17(22)7-13)21(23,24)25)20(32)18-15(9-27-30(14)18)19(31)28-12-3-2-6-26-8-12/h2-9,14H,10-11H2,1H3,(H,28,31)/t14-/m1/s1. The van der Waals surface area contributed by atoms with Crippen molar-refractivity contribution in [1.82, 2.24) is 14.8 Å². The quantitative estimate of drug-likeness (QED) is 0.596. The number of nitrogens with one attached hydrogen (secondary N) is 1. The summed E-state index contributed by atoms with van der Waals surface area (Å²) in [5.74, 6) is -1.19. The van der Waals surface area contributed by atoms with E-state index in [0.717, 1.165) is 18.2 Å². The molecule has 8 nitrogen and oxygen atoms in total. The monoisotopic (exact) mass is 479 g/mol. The van der Waals surface area contributed by atoms with Crippen LogP contribution in [0.2, 0.25) is 5.02 Å². The SMILES string of the molecule is COC[C@H]1CN(c2ccc(C(F)(F)F)c(Cl)c2)C(=O)c2c(C(=O)Nc3cccnc3)cnn21. The van der Waals surface area contributed by atoms with Gasteiger partial charge in [-0.1, -0.05) is 11.6 Å². The van der Waals surface area contributed by atoms with Crippen LogP contribution < -0.4 is 10.2 Å². The molecule has 1 aliphatic heterocycles. The van der Waals surface area contributed by atoms with Crippen molar-refractivity contribution in [2.24, 2.45) is 0 Å². The number of rotatable bonds is 5. The highest BCUT2D eigenvalue weighted by Crippen LogP contribution is 2.38. The van der Waals surface area contributed by atoms with Crippen LogP contribution in [0.1, 0.15) is 32.5 Å². The Balaban J connectivity index is 1.72. The van der Waals surface area contributed by atoms with E-state index in [9.17, 15) is 22.8 Å². The molecule has 33 heavy (non-hydrogen) atoms. The van der Waals surface area contributed by atoms with Crippen molar-refractivity contribution in [2.75, 3.05) is 30.5 Å². The molecule has 0 radical (unpaired) electrons. The van der Waals surface area contributed by atoms with Gasteiger partial charge in [0.25, 0.3) is 11.8 Å². The number of pyridine rings is 1. The summed E-state index contributed by atoms with van der Waals surface area (Å²) in [6, 6.07) is 5.85. The van der Waals surface area contributed by atoms with Gasteiger partial charge in [-0.2, -0.15) is 18.3 Å². The molecule has 2 amide bonds.